The number of methoxy groups -OCH3 is 1. The number of hydrogen-bond acceptors (Lipinski definition) is 6. The van der Waals surface area contributed by atoms with Gasteiger partial charge in [-0.15, -0.1) is 5.10 Å². The van der Waals surface area contributed by atoms with E-state index in [0.29, 0.717) is 16.6 Å². The molecule has 0 bridgehead atoms. The Bertz CT molecular complexity index is 1120. The number of hydrazone groups is 1. The largest absolute Gasteiger partial charge is 0.496 e. The van der Waals surface area contributed by atoms with Gasteiger partial charge in [0.25, 0.3) is 5.91 Å². The van der Waals surface area contributed by atoms with Gasteiger partial charge in [-0.25, -0.2) is 5.01 Å². The lowest BCUT2D eigenvalue weighted by Crippen LogP contribution is -2.50. The Hall–Kier alpha value is -2.32. The first-order valence-corrected chi connectivity index (χ1v) is 11.7. The van der Waals surface area contributed by atoms with Crippen LogP contribution in [0.1, 0.15) is 37.9 Å². The van der Waals surface area contributed by atoms with Crippen molar-refractivity contribution in [2.75, 3.05) is 12.9 Å². The maximum absolute atomic E-state index is 13.2. The molecule has 1 atom stereocenters. The van der Waals surface area contributed by atoms with E-state index < -0.39 is 6.17 Å². The number of rotatable bonds is 6. The van der Waals surface area contributed by atoms with Gasteiger partial charge in [-0.2, -0.15) is 0 Å². The second-order valence-corrected chi connectivity index (χ2v) is 9.01. The smallest absolute Gasteiger partial charge is 0.276 e. The van der Waals surface area contributed by atoms with Crippen LogP contribution in [0.3, 0.4) is 0 Å². The van der Waals surface area contributed by atoms with E-state index >= 15 is 0 Å². The van der Waals surface area contributed by atoms with E-state index in [4.69, 9.17) is 14.8 Å². The van der Waals surface area contributed by atoms with Gasteiger partial charge < -0.3 is 4.74 Å². The summed E-state index contributed by atoms with van der Waals surface area (Å²) in [7, 11) is 1.64. The molecule has 1 N–H and O–H groups in total. The summed E-state index contributed by atoms with van der Waals surface area (Å²) in [6.07, 6.45) is 2.92. The molecule has 30 heavy (non-hydrogen) atoms. The summed E-state index contributed by atoms with van der Waals surface area (Å²) in [6.45, 7) is 2.18. The van der Waals surface area contributed by atoms with E-state index in [-0.39, 0.29) is 5.91 Å². The molecule has 2 aliphatic rings. The minimum atomic E-state index is -0.484. The number of amidine groups is 1. The second-order valence-electron chi connectivity index (χ2n) is 7.01. The normalized spacial score (nSPS) is 17.5. The SMILES string of the molecule is CCCCCSC1=NN2C(=c3cc(Br)ccc3=N[C@@H]2c2ccccc2OC)C(=O)N1. The van der Waals surface area contributed by atoms with Crippen molar-refractivity contribution >= 4 is 44.5 Å². The van der Waals surface area contributed by atoms with Crippen molar-refractivity contribution in [3.05, 3.63) is 63.1 Å². The van der Waals surface area contributed by atoms with Gasteiger partial charge in [0.1, 0.15) is 11.4 Å². The number of unbranched alkanes of at least 4 members (excludes halogenated alkanes) is 2. The van der Waals surface area contributed by atoms with Crippen LogP contribution >= 0.6 is 27.7 Å². The number of ether oxygens (including phenoxy) is 1. The number of thioether (sulfide) groups is 1. The molecule has 0 fully saturated rings. The van der Waals surface area contributed by atoms with E-state index in [1.54, 1.807) is 23.9 Å². The van der Waals surface area contributed by atoms with Crippen LogP contribution in [0.5, 0.6) is 5.75 Å². The van der Waals surface area contributed by atoms with Gasteiger partial charge >= 0.3 is 0 Å². The summed E-state index contributed by atoms with van der Waals surface area (Å²) in [6, 6.07) is 13.5. The molecular formula is C22H23BrN4O2S. The van der Waals surface area contributed by atoms with Crippen molar-refractivity contribution in [3.8, 4) is 5.75 Å². The predicted molar refractivity (Wildman–Crippen MR) is 123 cm³/mol. The zero-order chi connectivity index (χ0) is 21.1. The van der Waals surface area contributed by atoms with Crippen LogP contribution in [0.2, 0.25) is 0 Å². The highest BCUT2D eigenvalue weighted by Gasteiger charge is 2.35. The fourth-order valence-corrected chi connectivity index (χ4v) is 4.73. The van der Waals surface area contributed by atoms with Crippen LogP contribution in [0.15, 0.2) is 57.0 Å². The summed E-state index contributed by atoms with van der Waals surface area (Å²) in [5.74, 6) is 1.45. The summed E-state index contributed by atoms with van der Waals surface area (Å²) in [4.78, 5) is 18.1. The number of carbonyl (C=O) groups excluding carboxylic acids is 1. The number of benzene rings is 2. The summed E-state index contributed by atoms with van der Waals surface area (Å²) >= 11 is 5.07. The Morgan fingerprint density at radius 3 is 2.87 bits per heavy atom. The Balaban J connectivity index is 1.83. The molecular weight excluding hydrogens is 464 g/mol. The number of fused-ring (bicyclic) bond motifs is 2. The fraction of sp³-hybridized carbons (Fsp3) is 0.318. The first kappa shape index (κ1) is 20.9. The molecule has 0 spiro atoms. The zero-order valence-electron chi connectivity index (χ0n) is 16.9. The van der Waals surface area contributed by atoms with Crippen LogP contribution in [0, 0.1) is 0 Å². The topological polar surface area (TPSA) is 66.3 Å². The third-order valence-electron chi connectivity index (χ3n) is 4.97. The van der Waals surface area contributed by atoms with Crippen LogP contribution in [0.4, 0.5) is 0 Å². The molecule has 0 aliphatic carbocycles. The van der Waals surface area contributed by atoms with E-state index in [1.807, 2.05) is 42.5 Å². The number of carbonyl (C=O) groups is 1. The monoisotopic (exact) mass is 486 g/mol. The lowest BCUT2D eigenvalue weighted by atomic mass is 10.1. The summed E-state index contributed by atoms with van der Waals surface area (Å²) in [5.41, 5.74) is 1.36. The highest BCUT2D eigenvalue weighted by Crippen LogP contribution is 2.35. The van der Waals surface area contributed by atoms with E-state index in [2.05, 4.69) is 28.2 Å². The quantitative estimate of drug-likeness (QED) is 0.634. The van der Waals surface area contributed by atoms with Gasteiger partial charge in [0, 0.05) is 21.0 Å². The molecule has 0 saturated carbocycles. The summed E-state index contributed by atoms with van der Waals surface area (Å²) < 4.78 is 6.46. The third kappa shape index (κ3) is 4.11. The lowest BCUT2D eigenvalue weighted by Gasteiger charge is -2.34. The van der Waals surface area contributed by atoms with Crippen LogP contribution in [-0.4, -0.2) is 28.9 Å². The number of nitrogens with zero attached hydrogens (tertiary/aromatic N) is 3. The fourth-order valence-electron chi connectivity index (χ4n) is 3.52. The van der Waals surface area contributed by atoms with Crippen molar-refractivity contribution in [2.24, 2.45) is 10.1 Å². The molecule has 156 valence electrons. The molecule has 4 rings (SSSR count). The highest BCUT2D eigenvalue weighted by molar-refractivity contribution is 9.10. The molecule has 0 radical (unpaired) electrons. The summed E-state index contributed by atoms with van der Waals surface area (Å²) in [5, 5.41) is 11.6. The molecule has 2 aromatic carbocycles. The minimum Gasteiger partial charge on any atom is -0.496 e. The number of amides is 1. The second kappa shape index (κ2) is 9.22. The van der Waals surface area contributed by atoms with Crippen molar-refractivity contribution in [1.82, 2.24) is 10.3 Å². The van der Waals surface area contributed by atoms with E-state index in [1.165, 1.54) is 0 Å². The molecule has 0 unspecified atom stereocenters. The molecule has 0 aromatic heterocycles. The van der Waals surface area contributed by atoms with Crippen LogP contribution in [0.25, 0.3) is 5.70 Å². The number of hydrogen-bond donors (Lipinski definition) is 1. The first-order valence-electron chi connectivity index (χ1n) is 9.95. The Morgan fingerprint density at radius 1 is 1.23 bits per heavy atom. The molecule has 8 heteroatoms. The van der Waals surface area contributed by atoms with Gasteiger partial charge in [-0.1, -0.05) is 65.7 Å². The van der Waals surface area contributed by atoms with Gasteiger partial charge in [0.2, 0.25) is 0 Å². The molecule has 2 aliphatic heterocycles. The van der Waals surface area contributed by atoms with Crippen molar-refractivity contribution < 1.29 is 9.53 Å². The van der Waals surface area contributed by atoms with Crippen molar-refractivity contribution in [2.45, 2.75) is 32.4 Å². The third-order valence-corrected chi connectivity index (χ3v) is 6.42. The Morgan fingerprint density at radius 2 is 2.07 bits per heavy atom. The lowest BCUT2D eigenvalue weighted by molar-refractivity contribution is -0.116. The van der Waals surface area contributed by atoms with Crippen molar-refractivity contribution in [3.63, 3.8) is 0 Å². The molecule has 0 saturated heterocycles. The molecule has 1 amide bonds. The Kier molecular flexibility index (Phi) is 6.43. The molecule has 2 aromatic rings. The number of para-hydroxylation sites is 1. The van der Waals surface area contributed by atoms with Gasteiger partial charge in [0.05, 0.1) is 12.5 Å². The average Bonchev–Trinajstić information content (AvgIpc) is 2.76. The number of halogens is 1. The number of nitrogens with one attached hydrogen (secondary N) is 1. The van der Waals surface area contributed by atoms with Crippen LogP contribution < -0.4 is 20.6 Å². The zero-order valence-corrected chi connectivity index (χ0v) is 19.3. The Labute approximate surface area is 188 Å². The van der Waals surface area contributed by atoms with Gasteiger partial charge in [-0.3, -0.25) is 15.1 Å². The van der Waals surface area contributed by atoms with Crippen molar-refractivity contribution in [1.29, 1.82) is 0 Å². The minimum absolute atomic E-state index is 0.169. The van der Waals surface area contributed by atoms with Gasteiger partial charge in [-0.05, 0) is 30.7 Å². The maximum Gasteiger partial charge on any atom is 0.276 e. The highest BCUT2D eigenvalue weighted by atomic mass is 79.9. The first-order chi connectivity index (χ1) is 14.6. The molecule has 6 nitrogen and oxygen atoms in total. The predicted octanol–water partition coefficient (Wildman–Crippen LogP) is 3.52. The molecule has 2 heterocycles. The van der Waals surface area contributed by atoms with E-state index in [9.17, 15) is 4.79 Å². The van der Waals surface area contributed by atoms with Gasteiger partial charge in [0.15, 0.2) is 11.3 Å². The standard InChI is InChI=1S/C22H23BrN4O2S/c1-3-4-7-12-30-22-25-21(28)19-16-13-14(23)10-11-17(16)24-20(27(19)26-22)15-8-5-6-9-18(15)29-2/h5-6,8-11,13,20H,3-4,7,12H2,1-2H3,(H,25,26,28)/t20-/m0/s1. The maximum atomic E-state index is 13.2. The van der Waals surface area contributed by atoms with E-state index in [0.717, 1.165) is 45.6 Å². The average molecular weight is 487 g/mol. The van der Waals surface area contributed by atoms with Crippen LogP contribution in [-0.2, 0) is 4.79 Å².